The number of anilines is 1. The molecule has 0 unspecified atom stereocenters. The first kappa shape index (κ1) is 19.9. The number of rotatable bonds is 7. The van der Waals surface area contributed by atoms with Crippen LogP contribution in [0.25, 0.3) is 0 Å². The third-order valence-corrected chi connectivity index (χ3v) is 5.99. The third-order valence-electron chi connectivity index (χ3n) is 4.78. The number of hydrogen-bond acceptors (Lipinski definition) is 5. The molecule has 7 nitrogen and oxygen atoms in total. The summed E-state index contributed by atoms with van der Waals surface area (Å²) >= 11 is 1.55. The Balaban J connectivity index is 1.34. The van der Waals surface area contributed by atoms with Gasteiger partial charge in [-0.25, -0.2) is 0 Å². The van der Waals surface area contributed by atoms with Crippen LogP contribution >= 0.6 is 11.8 Å². The molecule has 0 fully saturated rings. The Morgan fingerprint density at radius 2 is 1.67 bits per heavy atom. The molecule has 1 aliphatic rings. The molecular formula is C22H20N4O3S. The van der Waals surface area contributed by atoms with Crippen molar-refractivity contribution in [2.75, 3.05) is 5.32 Å². The number of carbonyl (C=O) groups excluding carboxylic acids is 3. The molecule has 3 aromatic rings. The average Bonchev–Trinajstić information content (AvgIpc) is 3.31. The molecule has 1 N–H and O–H groups in total. The second kappa shape index (κ2) is 8.54. The lowest BCUT2D eigenvalue weighted by molar-refractivity contribution is -0.115. The smallest absolute Gasteiger partial charge is 0.263 e. The Bertz CT molecular complexity index is 1060. The van der Waals surface area contributed by atoms with Crippen LogP contribution in [0.4, 0.5) is 5.69 Å². The van der Waals surface area contributed by atoms with E-state index >= 15 is 0 Å². The van der Waals surface area contributed by atoms with Gasteiger partial charge in [0.15, 0.2) is 0 Å². The molecule has 2 heterocycles. The Morgan fingerprint density at radius 3 is 2.33 bits per heavy atom. The maximum absolute atomic E-state index is 12.5. The van der Waals surface area contributed by atoms with E-state index in [0.717, 1.165) is 16.2 Å². The molecule has 0 saturated carbocycles. The number of benzene rings is 2. The van der Waals surface area contributed by atoms with Crippen LogP contribution in [0.3, 0.4) is 0 Å². The highest BCUT2D eigenvalue weighted by molar-refractivity contribution is 7.99. The predicted molar refractivity (Wildman–Crippen MR) is 115 cm³/mol. The maximum atomic E-state index is 12.5. The van der Waals surface area contributed by atoms with E-state index in [1.807, 2.05) is 37.3 Å². The minimum absolute atomic E-state index is 0.0134. The summed E-state index contributed by atoms with van der Waals surface area (Å²) in [5.41, 5.74) is 2.47. The number of imide groups is 1. The third kappa shape index (κ3) is 4.13. The van der Waals surface area contributed by atoms with Gasteiger partial charge in [-0.1, -0.05) is 42.5 Å². The zero-order valence-electron chi connectivity index (χ0n) is 16.3. The lowest BCUT2D eigenvalue weighted by Crippen LogP contribution is -2.32. The van der Waals surface area contributed by atoms with Gasteiger partial charge in [-0.15, -0.1) is 11.8 Å². The molecule has 8 heteroatoms. The van der Waals surface area contributed by atoms with Crippen LogP contribution < -0.4 is 5.32 Å². The molecule has 30 heavy (non-hydrogen) atoms. The van der Waals surface area contributed by atoms with E-state index in [-0.39, 0.29) is 29.6 Å². The molecule has 0 spiro atoms. The molecule has 0 saturated heterocycles. The largest absolute Gasteiger partial charge is 0.322 e. The van der Waals surface area contributed by atoms with Crippen molar-refractivity contribution in [3.05, 3.63) is 83.7 Å². The van der Waals surface area contributed by atoms with Crippen molar-refractivity contribution in [1.82, 2.24) is 14.7 Å². The highest BCUT2D eigenvalue weighted by atomic mass is 32.2. The Hall–Kier alpha value is -3.39. The topological polar surface area (TPSA) is 84.3 Å². The molecular weight excluding hydrogens is 400 g/mol. The molecule has 4 rings (SSSR count). The Morgan fingerprint density at radius 1 is 1.03 bits per heavy atom. The van der Waals surface area contributed by atoms with Crippen LogP contribution in [0.1, 0.15) is 33.2 Å². The van der Waals surface area contributed by atoms with Crippen molar-refractivity contribution in [3.63, 3.8) is 0 Å². The predicted octanol–water partition coefficient (Wildman–Crippen LogP) is 3.40. The number of nitrogens with zero attached hydrogens (tertiary/aromatic N) is 3. The fourth-order valence-electron chi connectivity index (χ4n) is 3.13. The number of aromatic nitrogens is 2. The summed E-state index contributed by atoms with van der Waals surface area (Å²) in [6, 6.07) is 16.7. The van der Waals surface area contributed by atoms with E-state index in [9.17, 15) is 14.4 Å². The Kier molecular flexibility index (Phi) is 5.67. The van der Waals surface area contributed by atoms with E-state index in [2.05, 4.69) is 10.4 Å². The number of fused-ring (bicyclic) bond motifs is 1. The summed E-state index contributed by atoms with van der Waals surface area (Å²) in [5, 5.41) is 6.75. The van der Waals surface area contributed by atoms with Crippen LogP contribution in [0, 0.1) is 0 Å². The van der Waals surface area contributed by atoms with Gasteiger partial charge < -0.3 is 5.32 Å². The highest BCUT2D eigenvalue weighted by Gasteiger charge is 2.35. The zero-order chi connectivity index (χ0) is 21.1. The van der Waals surface area contributed by atoms with Gasteiger partial charge in [-0.05, 0) is 24.6 Å². The summed E-state index contributed by atoms with van der Waals surface area (Å²) in [6.07, 6.45) is 3.11. The van der Waals surface area contributed by atoms with E-state index in [0.29, 0.717) is 16.8 Å². The molecule has 2 aromatic carbocycles. The number of amides is 3. The standard InChI is InChI=1S/C22H20N4O3S/c1-15(30-13-16-7-3-2-4-8-16)20(27)24-17-11-23-25(12-17)14-26-21(28)18-9-5-6-10-19(18)22(26)29/h2-12,15H,13-14H2,1H3,(H,24,27)/t15-/m0/s1. The average molecular weight is 420 g/mol. The molecule has 1 aliphatic heterocycles. The van der Waals surface area contributed by atoms with Gasteiger partial charge in [0.25, 0.3) is 11.8 Å². The molecule has 1 atom stereocenters. The van der Waals surface area contributed by atoms with Gasteiger partial charge in [0, 0.05) is 5.75 Å². The Labute approximate surface area is 178 Å². The maximum Gasteiger partial charge on any atom is 0.263 e. The van der Waals surface area contributed by atoms with E-state index in [1.165, 1.54) is 10.9 Å². The van der Waals surface area contributed by atoms with Gasteiger partial charge in [-0.3, -0.25) is 24.0 Å². The van der Waals surface area contributed by atoms with Gasteiger partial charge in [0.05, 0.1) is 34.5 Å². The van der Waals surface area contributed by atoms with E-state index < -0.39 is 0 Å². The minimum atomic E-state index is -0.345. The zero-order valence-corrected chi connectivity index (χ0v) is 17.1. The van der Waals surface area contributed by atoms with Crippen molar-refractivity contribution in [1.29, 1.82) is 0 Å². The van der Waals surface area contributed by atoms with Gasteiger partial charge >= 0.3 is 0 Å². The van der Waals surface area contributed by atoms with Gasteiger partial charge in [0.2, 0.25) is 5.91 Å². The molecule has 0 radical (unpaired) electrons. The number of nitrogens with one attached hydrogen (secondary N) is 1. The fraction of sp³-hybridized carbons (Fsp3) is 0.182. The van der Waals surface area contributed by atoms with Crippen molar-refractivity contribution in [2.45, 2.75) is 24.6 Å². The monoisotopic (exact) mass is 420 g/mol. The highest BCUT2D eigenvalue weighted by Crippen LogP contribution is 2.23. The first-order valence-electron chi connectivity index (χ1n) is 9.47. The number of thioether (sulfide) groups is 1. The summed E-state index contributed by atoms with van der Waals surface area (Å²) in [6.45, 7) is 1.84. The van der Waals surface area contributed by atoms with Gasteiger partial charge in [0.1, 0.15) is 6.67 Å². The minimum Gasteiger partial charge on any atom is -0.322 e. The first-order chi connectivity index (χ1) is 14.5. The van der Waals surface area contributed by atoms with Crippen LogP contribution in [0.15, 0.2) is 67.0 Å². The van der Waals surface area contributed by atoms with Crippen LogP contribution in [0.5, 0.6) is 0 Å². The fourth-order valence-corrected chi connectivity index (χ4v) is 3.98. The molecule has 0 aliphatic carbocycles. The summed E-state index contributed by atoms with van der Waals surface area (Å²) in [5.74, 6) is -0.0736. The van der Waals surface area contributed by atoms with Gasteiger partial charge in [-0.2, -0.15) is 5.10 Å². The second-order valence-corrected chi connectivity index (χ2v) is 8.25. The lowest BCUT2D eigenvalue weighted by atomic mass is 10.1. The normalized spacial score (nSPS) is 14.0. The van der Waals surface area contributed by atoms with Crippen molar-refractivity contribution >= 4 is 35.2 Å². The summed E-state index contributed by atoms with van der Waals surface area (Å²) in [4.78, 5) is 38.5. The quantitative estimate of drug-likeness (QED) is 0.592. The molecule has 152 valence electrons. The first-order valence-corrected chi connectivity index (χ1v) is 10.5. The van der Waals surface area contributed by atoms with Crippen molar-refractivity contribution < 1.29 is 14.4 Å². The van der Waals surface area contributed by atoms with Crippen LogP contribution in [-0.4, -0.2) is 37.7 Å². The van der Waals surface area contributed by atoms with Crippen LogP contribution in [-0.2, 0) is 17.2 Å². The van der Waals surface area contributed by atoms with E-state index in [1.54, 1.807) is 42.2 Å². The van der Waals surface area contributed by atoms with Crippen molar-refractivity contribution in [3.8, 4) is 0 Å². The molecule has 1 aromatic heterocycles. The summed E-state index contributed by atoms with van der Waals surface area (Å²) in [7, 11) is 0. The van der Waals surface area contributed by atoms with Crippen molar-refractivity contribution in [2.24, 2.45) is 0 Å². The lowest BCUT2D eigenvalue weighted by Gasteiger charge is -2.13. The SMILES string of the molecule is C[C@H](SCc1ccccc1)C(=O)Nc1cnn(CN2C(=O)c3ccccc3C2=O)c1. The van der Waals surface area contributed by atoms with Crippen LogP contribution in [0.2, 0.25) is 0 Å². The molecule has 0 bridgehead atoms. The van der Waals surface area contributed by atoms with E-state index in [4.69, 9.17) is 0 Å². The summed E-state index contributed by atoms with van der Waals surface area (Å²) < 4.78 is 1.46. The number of carbonyl (C=O) groups is 3. The number of hydrogen-bond donors (Lipinski definition) is 1. The second-order valence-electron chi connectivity index (χ2n) is 6.92. The molecule has 3 amide bonds.